The Labute approximate surface area is 152 Å². The van der Waals surface area contributed by atoms with Gasteiger partial charge >= 0.3 is 17.2 Å². The molecule has 148 valence electrons. The average Bonchev–Trinajstić information content (AvgIpc) is 2.43. The van der Waals surface area contributed by atoms with E-state index in [2.05, 4.69) is 0 Å². The summed E-state index contributed by atoms with van der Waals surface area (Å²) in [6, 6.07) is 1.81. The minimum atomic E-state index is -5.38. The molecule has 0 saturated carbocycles. The number of nitrogens with zero attached hydrogens (tertiary/aromatic N) is 1. The van der Waals surface area contributed by atoms with Gasteiger partial charge in [0.2, 0.25) is 5.75 Å². The molecule has 0 aliphatic rings. The van der Waals surface area contributed by atoms with Crippen molar-refractivity contribution in [2.45, 2.75) is 36.8 Å². The third-order valence-electron chi connectivity index (χ3n) is 2.52. The highest BCUT2D eigenvalue weighted by Gasteiger charge is 2.47. The number of halogens is 3. The van der Waals surface area contributed by atoms with E-state index < -0.39 is 48.9 Å². The van der Waals surface area contributed by atoms with Gasteiger partial charge in [0.25, 0.3) is 0 Å². The number of ether oxygens (including phenoxy) is 1. The summed E-state index contributed by atoms with van der Waals surface area (Å²) in [6.45, 7) is 4.91. The summed E-state index contributed by atoms with van der Waals surface area (Å²) in [5.41, 5.74) is -7.03. The third-order valence-corrected chi connectivity index (χ3v) is 4.73. The fourth-order valence-corrected chi connectivity index (χ4v) is 2.82. The van der Waals surface area contributed by atoms with Crippen LogP contribution in [0.3, 0.4) is 0 Å². The molecule has 0 atom stereocenters. The van der Waals surface area contributed by atoms with Crippen molar-refractivity contribution < 1.29 is 40.9 Å². The van der Waals surface area contributed by atoms with E-state index in [-0.39, 0.29) is 5.75 Å². The van der Waals surface area contributed by atoms with Gasteiger partial charge in [-0.2, -0.15) is 13.2 Å². The molecule has 13 heteroatoms. The van der Waals surface area contributed by atoms with Crippen molar-refractivity contribution in [2.24, 2.45) is 0 Å². The molecule has 0 aromatic heterocycles. The Morgan fingerprint density at radius 3 is 2.35 bits per heavy atom. The van der Waals surface area contributed by atoms with Gasteiger partial charge in [0.05, 0.1) is 21.9 Å². The first-order chi connectivity index (χ1) is 11.6. The van der Waals surface area contributed by atoms with E-state index in [4.69, 9.17) is 8.92 Å². The van der Waals surface area contributed by atoms with Crippen LogP contribution in [0.15, 0.2) is 23.1 Å². The van der Waals surface area contributed by atoms with Gasteiger partial charge in [-0.15, -0.1) is 0 Å². The fraction of sp³-hybridized carbons (Fsp3) is 0.462. The summed E-state index contributed by atoms with van der Waals surface area (Å²) in [4.78, 5) is 20.4. The Bertz CT molecular complexity index is 689. The smallest absolute Gasteiger partial charge is 0.459 e. The Morgan fingerprint density at radius 1 is 1.31 bits per heavy atom. The molecule has 0 radical (unpaired) electrons. The molecule has 1 rings (SSSR count). The van der Waals surface area contributed by atoms with E-state index >= 15 is 0 Å². The van der Waals surface area contributed by atoms with E-state index in [9.17, 15) is 37.2 Å². The normalized spacial score (nSPS) is 13.2. The lowest BCUT2D eigenvalue weighted by Crippen LogP contribution is -2.25. The summed E-state index contributed by atoms with van der Waals surface area (Å²) in [5.74, 6) is -1.44. The number of nitro groups is 1. The molecule has 0 aliphatic heterocycles. The quantitative estimate of drug-likeness (QED) is 0.297. The molecular weight excluding hydrogens is 403 g/mol. The lowest BCUT2D eigenvalue weighted by molar-refractivity contribution is -0.385. The van der Waals surface area contributed by atoms with Gasteiger partial charge in [-0.05, 0) is 32.9 Å². The molecule has 26 heavy (non-hydrogen) atoms. The first-order valence-corrected chi connectivity index (χ1v) is 9.25. The van der Waals surface area contributed by atoms with Gasteiger partial charge in [0.15, 0.2) is 0 Å². The molecular formula is C13H16F3NO7S2. The maximum Gasteiger partial charge on any atom is 0.500 e. The van der Waals surface area contributed by atoms with Gasteiger partial charge in [-0.1, -0.05) is 10.6 Å². The molecule has 0 fully saturated rings. The second-order valence-electron chi connectivity index (χ2n) is 5.81. The molecule has 0 heterocycles. The fourth-order valence-electron chi connectivity index (χ4n) is 1.53. The molecule has 0 bridgehead atoms. The van der Waals surface area contributed by atoms with Crippen molar-refractivity contribution in [3.63, 3.8) is 0 Å². The second kappa shape index (κ2) is 7.90. The summed E-state index contributed by atoms with van der Waals surface area (Å²) in [6.07, 6.45) is 0. The zero-order chi connectivity index (χ0) is 20.3. The summed E-state index contributed by atoms with van der Waals surface area (Å²) < 4.78 is 66.5. The van der Waals surface area contributed by atoms with Crippen LogP contribution >= 0.6 is 22.6 Å². The molecule has 8 nitrogen and oxygen atoms in total. The molecule has 1 aromatic carbocycles. The predicted molar refractivity (Wildman–Crippen MR) is 89.2 cm³/mol. The molecule has 0 spiro atoms. The van der Waals surface area contributed by atoms with E-state index in [0.717, 1.165) is 6.07 Å². The number of hydrogen-bond donors (Lipinski definition) is 2. The molecule has 0 amide bonds. The van der Waals surface area contributed by atoms with Crippen molar-refractivity contribution in [3.8, 4) is 5.75 Å². The largest absolute Gasteiger partial charge is 0.500 e. The van der Waals surface area contributed by atoms with Crippen molar-refractivity contribution in [3.05, 3.63) is 28.3 Å². The summed E-state index contributed by atoms with van der Waals surface area (Å²) in [7, 11) is -5.24. The van der Waals surface area contributed by atoms with Crippen LogP contribution in [0.25, 0.3) is 0 Å². The van der Waals surface area contributed by atoms with Gasteiger partial charge in [-0.25, -0.2) is 0 Å². The average molecular weight is 419 g/mol. The Kier molecular flexibility index (Phi) is 6.79. The highest BCUT2D eigenvalue weighted by atomic mass is 32.3. The van der Waals surface area contributed by atoms with Gasteiger partial charge < -0.3 is 8.92 Å². The highest BCUT2D eigenvalue weighted by molar-refractivity contribution is 8.25. The zero-order valence-corrected chi connectivity index (χ0v) is 15.4. The molecule has 0 aliphatic carbocycles. The number of alkyl halides is 3. The van der Waals surface area contributed by atoms with Crippen LogP contribution in [0.2, 0.25) is 0 Å². The van der Waals surface area contributed by atoms with Crippen LogP contribution in [0.1, 0.15) is 20.8 Å². The maximum absolute atomic E-state index is 12.7. The number of hydrogen-bond acceptors (Lipinski definition) is 8. The number of carbonyl (C=O) groups is 1. The first-order valence-electron chi connectivity index (χ1n) is 6.79. The van der Waals surface area contributed by atoms with E-state index in [0.29, 0.717) is 24.2 Å². The second-order valence-corrected chi connectivity index (χ2v) is 8.54. The van der Waals surface area contributed by atoms with Crippen molar-refractivity contribution in [1.82, 2.24) is 0 Å². The monoisotopic (exact) mass is 419 g/mol. The number of nitro benzene ring substituents is 1. The summed E-state index contributed by atoms with van der Waals surface area (Å²) >= 11 is 0.486. The zero-order valence-electron chi connectivity index (χ0n) is 13.8. The van der Waals surface area contributed by atoms with Crippen molar-refractivity contribution in [1.29, 1.82) is 0 Å². The predicted octanol–water partition coefficient (Wildman–Crippen LogP) is 4.59. The van der Waals surface area contributed by atoms with Gasteiger partial charge in [0, 0.05) is 6.07 Å². The highest BCUT2D eigenvalue weighted by Crippen LogP contribution is 2.62. The lowest BCUT2D eigenvalue weighted by atomic mass is 10.2. The number of benzene rings is 1. The Balaban J connectivity index is 2.94. The Hall–Kier alpha value is -1.70. The minimum absolute atomic E-state index is 0.325. The maximum atomic E-state index is 12.7. The summed E-state index contributed by atoms with van der Waals surface area (Å²) in [5, 5.41) is 11.0. The van der Waals surface area contributed by atoms with Crippen LogP contribution < -0.4 is 4.18 Å². The van der Waals surface area contributed by atoms with Crippen LogP contribution in [0.5, 0.6) is 5.75 Å². The van der Waals surface area contributed by atoms with Gasteiger partial charge in [-0.3, -0.25) is 24.0 Å². The third kappa shape index (κ3) is 5.93. The van der Waals surface area contributed by atoms with E-state index in [1.165, 1.54) is 0 Å². The lowest BCUT2D eigenvalue weighted by Gasteiger charge is -2.33. The van der Waals surface area contributed by atoms with Crippen LogP contribution in [-0.2, 0) is 9.53 Å². The standard InChI is InChI=1S/C13H16F3NO7S2/c1-12(2,3)23-11(18)7-25-24-10-5-4-8(6-9(10)17(19)20)26(21,22)13(14,15)16/h4-6,21-22H,7H2,1-3H3. The molecule has 2 N–H and O–H groups in total. The number of esters is 1. The topological polar surface area (TPSA) is 119 Å². The minimum Gasteiger partial charge on any atom is -0.459 e. The van der Waals surface area contributed by atoms with Crippen molar-refractivity contribution >= 4 is 34.3 Å². The number of rotatable bonds is 6. The van der Waals surface area contributed by atoms with Crippen LogP contribution in [0, 0.1) is 10.1 Å². The van der Waals surface area contributed by atoms with Gasteiger partial charge in [0.1, 0.15) is 11.4 Å². The Morgan fingerprint density at radius 2 is 1.88 bits per heavy atom. The van der Waals surface area contributed by atoms with E-state index in [1.54, 1.807) is 20.8 Å². The number of carbonyl (C=O) groups excluding carboxylic acids is 1. The molecule has 0 saturated heterocycles. The molecule has 1 aromatic rings. The molecule has 0 unspecified atom stereocenters. The van der Waals surface area contributed by atoms with Crippen molar-refractivity contribution in [2.75, 3.05) is 5.75 Å². The van der Waals surface area contributed by atoms with E-state index in [1.807, 2.05) is 0 Å². The first kappa shape index (κ1) is 22.3. The SMILES string of the molecule is CC(C)(C)OC(=O)CSOc1ccc(S(O)(O)C(F)(F)F)cc1[N+](=O)[O-]. The van der Waals surface area contributed by atoms with Crippen LogP contribution in [0.4, 0.5) is 18.9 Å². The van der Waals surface area contributed by atoms with Crippen LogP contribution in [-0.4, -0.2) is 36.9 Å².